The van der Waals surface area contributed by atoms with Crippen molar-refractivity contribution in [1.29, 1.82) is 0 Å². The number of non-ortho nitro benzene ring substituents is 2. The molecule has 0 amide bonds. The molecule has 0 saturated heterocycles. The molecule has 0 aliphatic rings. The number of benzene rings is 1. The topological polar surface area (TPSA) is 113 Å². The van der Waals surface area contributed by atoms with Crippen LogP contribution in [0, 0.1) is 32.6 Å². The van der Waals surface area contributed by atoms with Crippen molar-refractivity contribution < 1.29 is 19.4 Å². The summed E-state index contributed by atoms with van der Waals surface area (Å²) in [5.74, 6) is 1.18. The minimum absolute atomic E-state index is 0.122. The largest absolute Gasteiger partial charge is 0.438 e. The lowest BCUT2D eigenvalue weighted by atomic mass is 10.1. The fourth-order valence-corrected chi connectivity index (χ4v) is 1.74. The van der Waals surface area contributed by atoms with Gasteiger partial charge >= 0.3 is 5.97 Å². The van der Waals surface area contributed by atoms with Crippen molar-refractivity contribution in [1.82, 2.24) is 0 Å². The number of halogens is 2. The van der Waals surface area contributed by atoms with E-state index in [0.29, 0.717) is 0 Å². The number of ether oxygens (including phenoxy) is 1. The SMILES string of the molecule is C#CC(I)OC(=O)C(Cl)c1cc([N+](=O)[O-])cc([N+](=O)[O-])c1. The molecule has 0 saturated carbocycles. The number of nitrogens with zero attached hydrogens (tertiary/aromatic N) is 2. The molecule has 0 bridgehead atoms. The molecule has 10 heteroatoms. The molecule has 110 valence electrons. The second-order valence-electron chi connectivity index (χ2n) is 3.58. The van der Waals surface area contributed by atoms with Gasteiger partial charge in [0.2, 0.25) is 4.11 Å². The van der Waals surface area contributed by atoms with Crippen LogP contribution in [0.25, 0.3) is 0 Å². The first-order chi connectivity index (χ1) is 9.76. The van der Waals surface area contributed by atoms with Crippen molar-refractivity contribution in [2.24, 2.45) is 0 Å². The molecule has 0 radical (unpaired) electrons. The lowest BCUT2D eigenvalue weighted by Gasteiger charge is -2.11. The smallest absolute Gasteiger partial charge is 0.330 e. The van der Waals surface area contributed by atoms with E-state index in [1.54, 1.807) is 22.6 Å². The Balaban J connectivity index is 3.17. The first-order valence-corrected chi connectivity index (χ1v) is 6.83. The molecule has 0 N–H and O–H groups in total. The van der Waals surface area contributed by atoms with Crippen molar-refractivity contribution in [3.8, 4) is 12.3 Å². The van der Waals surface area contributed by atoms with E-state index in [2.05, 4.69) is 5.92 Å². The molecule has 1 aromatic carbocycles. The summed E-state index contributed by atoms with van der Waals surface area (Å²) in [5, 5.41) is 20.0. The second kappa shape index (κ2) is 7.19. The van der Waals surface area contributed by atoms with Gasteiger partial charge in [-0.3, -0.25) is 25.0 Å². The molecule has 8 nitrogen and oxygen atoms in total. The van der Waals surface area contributed by atoms with Gasteiger partial charge in [0.1, 0.15) is 0 Å². The number of nitro benzene ring substituents is 2. The number of carbonyl (C=O) groups excluding carboxylic acids is 1. The fraction of sp³-hybridized carbons (Fsp3) is 0.182. The van der Waals surface area contributed by atoms with Gasteiger partial charge in [-0.05, 0) is 28.2 Å². The van der Waals surface area contributed by atoms with Crippen LogP contribution in [0.5, 0.6) is 0 Å². The summed E-state index contributed by atoms with van der Waals surface area (Å²) < 4.78 is 3.89. The van der Waals surface area contributed by atoms with Crippen LogP contribution in [0.4, 0.5) is 11.4 Å². The molecule has 0 heterocycles. The Morgan fingerprint density at radius 3 is 2.14 bits per heavy atom. The number of hydrogen-bond acceptors (Lipinski definition) is 6. The van der Waals surface area contributed by atoms with Gasteiger partial charge in [0.15, 0.2) is 5.38 Å². The Kier molecular flexibility index (Phi) is 5.86. The maximum Gasteiger partial charge on any atom is 0.330 e. The van der Waals surface area contributed by atoms with Crippen LogP contribution in [0.2, 0.25) is 0 Å². The third kappa shape index (κ3) is 4.54. The van der Waals surface area contributed by atoms with E-state index < -0.39 is 36.7 Å². The summed E-state index contributed by atoms with van der Waals surface area (Å²) >= 11 is 7.47. The van der Waals surface area contributed by atoms with E-state index in [4.69, 9.17) is 22.8 Å². The number of carbonyl (C=O) groups is 1. The molecular formula is C11H6ClIN2O6. The van der Waals surface area contributed by atoms with Crippen molar-refractivity contribution in [2.45, 2.75) is 9.49 Å². The molecule has 1 rings (SSSR count). The summed E-state index contributed by atoms with van der Waals surface area (Å²) in [6, 6.07) is 2.69. The molecule has 0 fully saturated rings. The van der Waals surface area contributed by atoms with E-state index in [1.807, 2.05) is 0 Å². The van der Waals surface area contributed by atoms with E-state index in [9.17, 15) is 25.0 Å². The highest BCUT2D eigenvalue weighted by molar-refractivity contribution is 14.1. The van der Waals surface area contributed by atoms with Gasteiger partial charge in [0, 0.05) is 12.1 Å². The van der Waals surface area contributed by atoms with Crippen molar-refractivity contribution in [2.75, 3.05) is 0 Å². The molecule has 1 aromatic rings. The van der Waals surface area contributed by atoms with Crippen molar-refractivity contribution >= 4 is 51.5 Å². The maximum atomic E-state index is 11.7. The highest BCUT2D eigenvalue weighted by Crippen LogP contribution is 2.30. The Morgan fingerprint density at radius 2 is 1.76 bits per heavy atom. The quantitative estimate of drug-likeness (QED) is 0.179. The second-order valence-corrected chi connectivity index (χ2v) is 5.15. The lowest BCUT2D eigenvalue weighted by molar-refractivity contribution is -0.394. The zero-order valence-electron chi connectivity index (χ0n) is 10.1. The first-order valence-electron chi connectivity index (χ1n) is 5.14. The van der Waals surface area contributed by atoms with Gasteiger partial charge in [-0.25, -0.2) is 0 Å². The van der Waals surface area contributed by atoms with Gasteiger partial charge in [0.25, 0.3) is 11.4 Å². The van der Waals surface area contributed by atoms with Crippen molar-refractivity contribution in [3.05, 3.63) is 44.0 Å². The Morgan fingerprint density at radius 1 is 1.29 bits per heavy atom. The van der Waals surface area contributed by atoms with E-state index in [1.165, 1.54) is 0 Å². The Labute approximate surface area is 136 Å². The average Bonchev–Trinajstić information content (AvgIpc) is 2.45. The monoisotopic (exact) mass is 424 g/mol. The fourth-order valence-electron chi connectivity index (χ4n) is 1.31. The van der Waals surface area contributed by atoms with Gasteiger partial charge in [-0.2, -0.15) is 0 Å². The Hall–Kier alpha value is -1.93. The average molecular weight is 425 g/mol. The lowest BCUT2D eigenvalue weighted by Crippen LogP contribution is -2.15. The number of terminal acetylenes is 1. The summed E-state index contributed by atoms with van der Waals surface area (Å²) in [4.78, 5) is 31.5. The predicted octanol–water partition coefficient (Wildman–Crippen LogP) is 2.72. The van der Waals surface area contributed by atoms with E-state index in [-0.39, 0.29) is 5.56 Å². The van der Waals surface area contributed by atoms with E-state index >= 15 is 0 Å². The highest BCUT2D eigenvalue weighted by atomic mass is 127. The predicted molar refractivity (Wildman–Crippen MR) is 81.1 cm³/mol. The van der Waals surface area contributed by atoms with Crippen LogP contribution in [0.3, 0.4) is 0 Å². The van der Waals surface area contributed by atoms with Gasteiger partial charge in [-0.1, -0.05) is 5.92 Å². The molecule has 2 unspecified atom stereocenters. The van der Waals surface area contributed by atoms with Crippen molar-refractivity contribution in [3.63, 3.8) is 0 Å². The number of rotatable bonds is 5. The van der Waals surface area contributed by atoms with Crippen LogP contribution in [-0.4, -0.2) is 19.9 Å². The minimum atomic E-state index is -1.45. The standard InChI is InChI=1S/C11H6ClIN2O6/c1-2-9(13)21-11(16)10(12)6-3-7(14(17)18)5-8(4-6)15(19)20/h1,3-5,9-10H. The molecule has 21 heavy (non-hydrogen) atoms. The summed E-state index contributed by atoms with van der Waals surface area (Å²) in [6.07, 6.45) is 5.03. The van der Waals surface area contributed by atoms with Crippen LogP contribution >= 0.6 is 34.2 Å². The van der Waals surface area contributed by atoms with Crippen LogP contribution in [0.15, 0.2) is 18.2 Å². The third-order valence-electron chi connectivity index (χ3n) is 2.20. The zero-order chi connectivity index (χ0) is 16.2. The first kappa shape index (κ1) is 17.1. The zero-order valence-corrected chi connectivity index (χ0v) is 13.0. The molecule has 0 spiro atoms. The van der Waals surface area contributed by atoms with Gasteiger partial charge in [-0.15, -0.1) is 18.0 Å². The Bertz CT molecular complexity index is 612. The number of esters is 1. The maximum absolute atomic E-state index is 11.7. The minimum Gasteiger partial charge on any atom is -0.438 e. The summed E-state index contributed by atoms with van der Waals surface area (Å²) in [7, 11) is 0. The molecule has 0 aromatic heterocycles. The molecular weight excluding hydrogens is 418 g/mol. The number of hydrogen-bond donors (Lipinski definition) is 0. The van der Waals surface area contributed by atoms with E-state index in [0.717, 1.165) is 18.2 Å². The third-order valence-corrected chi connectivity index (χ3v) is 3.24. The van der Waals surface area contributed by atoms with Crippen LogP contribution in [0.1, 0.15) is 10.9 Å². The highest BCUT2D eigenvalue weighted by Gasteiger charge is 2.26. The molecule has 0 aliphatic carbocycles. The van der Waals surface area contributed by atoms with Gasteiger partial charge in [0.05, 0.1) is 15.9 Å². The number of alkyl halides is 2. The van der Waals surface area contributed by atoms with Crippen LogP contribution in [-0.2, 0) is 9.53 Å². The van der Waals surface area contributed by atoms with Crippen LogP contribution < -0.4 is 0 Å². The number of nitro groups is 2. The normalized spacial score (nSPS) is 12.8. The summed E-state index contributed by atoms with van der Waals surface area (Å²) in [6.45, 7) is 0. The summed E-state index contributed by atoms with van der Waals surface area (Å²) in [5.41, 5.74) is -1.23. The molecule has 0 aliphatic heterocycles. The van der Waals surface area contributed by atoms with Gasteiger partial charge < -0.3 is 4.74 Å². The molecule has 2 atom stereocenters.